The second kappa shape index (κ2) is 4.00. The van der Waals surface area contributed by atoms with Gasteiger partial charge < -0.3 is 5.11 Å². The number of fused-ring (bicyclic) bond motifs is 1. The van der Waals surface area contributed by atoms with Gasteiger partial charge in [0.1, 0.15) is 17.0 Å². The molecule has 0 saturated carbocycles. The quantitative estimate of drug-likeness (QED) is 0.844. The average molecular weight is 263 g/mol. The number of anilines is 1. The van der Waals surface area contributed by atoms with Crippen molar-refractivity contribution in [3.8, 4) is 0 Å². The zero-order chi connectivity index (χ0) is 12.9. The minimum Gasteiger partial charge on any atom is -0.391 e. The van der Waals surface area contributed by atoms with Gasteiger partial charge in [-0.2, -0.15) is 0 Å². The second-order valence-corrected chi connectivity index (χ2v) is 5.73. The Labute approximate surface area is 108 Å². The Kier molecular flexibility index (Phi) is 2.57. The summed E-state index contributed by atoms with van der Waals surface area (Å²) in [7, 11) is 0. The third kappa shape index (κ3) is 1.60. The van der Waals surface area contributed by atoms with Crippen LogP contribution in [0.1, 0.15) is 16.9 Å². The predicted molar refractivity (Wildman–Crippen MR) is 69.9 cm³/mol. The van der Waals surface area contributed by atoms with E-state index in [2.05, 4.69) is 9.97 Å². The van der Waals surface area contributed by atoms with E-state index in [1.54, 1.807) is 16.2 Å². The zero-order valence-electron chi connectivity index (χ0n) is 10.2. The fourth-order valence-corrected chi connectivity index (χ4v) is 3.25. The number of aliphatic hydroxyl groups is 1. The molecule has 0 aliphatic carbocycles. The summed E-state index contributed by atoms with van der Waals surface area (Å²) < 4.78 is 0. The van der Waals surface area contributed by atoms with Crippen molar-refractivity contribution in [3.63, 3.8) is 0 Å². The van der Waals surface area contributed by atoms with Crippen LogP contribution in [0, 0.1) is 13.8 Å². The summed E-state index contributed by atoms with van der Waals surface area (Å²) in [6.45, 7) is 4.36. The summed E-state index contributed by atoms with van der Waals surface area (Å²) in [5.41, 5.74) is 1.11. The summed E-state index contributed by atoms with van der Waals surface area (Å²) in [5, 5.41) is 10.5. The summed E-state index contributed by atoms with van der Waals surface area (Å²) in [6, 6.07) is 0. The number of aliphatic hydroxyl groups excluding tert-OH is 1. The van der Waals surface area contributed by atoms with E-state index < -0.39 is 6.10 Å². The van der Waals surface area contributed by atoms with Gasteiger partial charge >= 0.3 is 0 Å². The van der Waals surface area contributed by atoms with Crippen LogP contribution in [0.3, 0.4) is 0 Å². The van der Waals surface area contributed by atoms with Crippen molar-refractivity contribution < 1.29 is 9.90 Å². The van der Waals surface area contributed by atoms with Crippen LogP contribution in [-0.2, 0) is 4.79 Å². The fourth-order valence-electron chi connectivity index (χ4n) is 2.26. The van der Waals surface area contributed by atoms with Crippen LogP contribution in [0.25, 0.3) is 10.2 Å². The van der Waals surface area contributed by atoms with E-state index in [1.165, 1.54) is 11.2 Å². The Hall–Kier alpha value is -1.53. The molecule has 94 valence electrons. The minimum atomic E-state index is -0.595. The largest absolute Gasteiger partial charge is 0.391 e. The summed E-state index contributed by atoms with van der Waals surface area (Å²) >= 11 is 1.60. The molecular weight excluding hydrogens is 250 g/mol. The number of amides is 1. The first-order valence-corrected chi connectivity index (χ1v) is 6.58. The predicted octanol–water partition coefficient (Wildman–Crippen LogP) is 1.41. The lowest BCUT2D eigenvalue weighted by Gasteiger charge is -2.15. The van der Waals surface area contributed by atoms with Crippen molar-refractivity contribution in [2.24, 2.45) is 0 Å². The molecule has 1 fully saturated rings. The van der Waals surface area contributed by atoms with E-state index in [9.17, 15) is 9.90 Å². The highest BCUT2D eigenvalue weighted by atomic mass is 32.1. The highest BCUT2D eigenvalue weighted by molar-refractivity contribution is 7.18. The van der Waals surface area contributed by atoms with Crippen LogP contribution in [-0.4, -0.2) is 33.6 Å². The molecule has 1 aliphatic heterocycles. The maximum absolute atomic E-state index is 11.9. The van der Waals surface area contributed by atoms with Gasteiger partial charge in [-0.1, -0.05) is 0 Å². The molecule has 0 bridgehead atoms. The van der Waals surface area contributed by atoms with Gasteiger partial charge in [-0.15, -0.1) is 11.3 Å². The maximum Gasteiger partial charge on any atom is 0.230 e. The molecule has 2 aromatic rings. The molecule has 3 heterocycles. The van der Waals surface area contributed by atoms with Crippen LogP contribution < -0.4 is 4.90 Å². The highest BCUT2D eigenvalue weighted by Crippen LogP contribution is 2.35. The smallest absolute Gasteiger partial charge is 0.230 e. The van der Waals surface area contributed by atoms with Gasteiger partial charge in [0.05, 0.1) is 24.5 Å². The number of β-amino-alcohol motifs (C(OH)–C–C–N with tert-alkyl or cyclic N) is 1. The number of hydrogen-bond donors (Lipinski definition) is 1. The average Bonchev–Trinajstić information content (AvgIpc) is 2.80. The van der Waals surface area contributed by atoms with Crippen molar-refractivity contribution in [2.45, 2.75) is 26.4 Å². The van der Waals surface area contributed by atoms with Gasteiger partial charge in [-0.3, -0.25) is 9.69 Å². The Bertz CT molecular complexity index is 638. The first-order chi connectivity index (χ1) is 8.58. The lowest BCUT2D eigenvalue weighted by molar-refractivity contribution is -0.117. The molecule has 1 saturated heterocycles. The molecule has 18 heavy (non-hydrogen) atoms. The summed E-state index contributed by atoms with van der Waals surface area (Å²) in [6.07, 6.45) is 1.06. The zero-order valence-corrected chi connectivity index (χ0v) is 11.0. The Morgan fingerprint density at radius 1 is 1.44 bits per heavy atom. The number of rotatable bonds is 1. The lowest BCUT2D eigenvalue weighted by Crippen LogP contribution is -2.26. The number of nitrogens with zero attached hydrogens (tertiary/aromatic N) is 3. The third-order valence-electron chi connectivity index (χ3n) is 3.31. The number of aromatic nitrogens is 2. The van der Waals surface area contributed by atoms with Crippen molar-refractivity contribution in [2.75, 3.05) is 11.4 Å². The van der Waals surface area contributed by atoms with Crippen molar-refractivity contribution in [1.82, 2.24) is 9.97 Å². The van der Waals surface area contributed by atoms with E-state index in [0.29, 0.717) is 12.4 Å². The first-order valence-electron chi connectivity index (χ1n) is 5.77. The summed E-state index contributed by atoms with van der Waals surface area (Å²) in [4.78, 5) is 24.0. The minimum absolute atomic E-state index is 0.0780. The fraction of sp³-hybridized carbons (Fsp3) is 0.417. The highest BCUT2D eigenvalue weighted by Gasteiger charge is 2.31. The van der Waals surface area contributed by atoms with E-state index in [4.69, 9.17) is 0 Å². The van der Waals surface area contributed by atoms with Crippen LogP contribution in [0.5, 0.6) is 0 Å². The number of hydrogen-bond acceptors (Lipinski definition) is 5. The molecule has 5 nitrogen and oxygen atoms in total. The SMILES string of the molecule is Cc1sc2ncnc(N3CC(O)CC3=O)c2c1C. The van der Waals surface area contributed by atoms with E-state index >= 15 is 0 Å². The molecular formula is C12H13N3O2S. The van der Waals surface area contributed by atoms with Crippen LogP contribution in [0.15, 0.2) is 6.33 Å². The second-order valence-electron chi connectivity index (χ2n) is 4.52. The molecule has 1 atom stereocenters. The molecule has 0 spiro atoms. The molecule has 0 radical (unpaired) electrons. The Balaban J connectivity index is 2.20. The maximum atomic E-state index is 11.9. The van der Waals surface area contributed by atoms with Gasteiger partial charge in [-0.05, 0) is 19.4 Å². The van der Waals surface area contributed by atoms with Gasteiger partial charge in [0.25, 0.3) is 0 Å². The van der Waals surface area contributed by atoms with Crippen molar-refractivity contribution in [3.05, 3.63) is 16.8 Å². The molecule has 3 rings (SSSR count). The van der Waals surface area contributed by atoms with Gasteiger partial charge in [0.15, 0.2) is 0 Å². The molecule has 6 heteroatoms. The van der Waals surface area contributed by atoms with E-state index in [1.807, 2.05) is 13.8 Å². The molecule has 1 amide bonds. The van der Waals surface area contributed by atoms with Crippen molar-refractivity contribution >= 4 is 33.3 Å². The first kappa shape index (κ1) is 11.6. The topological polar surface area (TPSA) is 66.3 Å². The molecule has 0 aromatic carbocycles. The molecule has 2 aromatic heterocycles. The Morgan fingerprint density at radius 3 is 2.89 bits per heavy atom. The molecule has 1 N–H and O–H groups in total. The van der Waals surface area contributed by atoms with E-state index in [-0.39, 0.29) is 12.3 Å². The number of aryl methyl sites for hydroxylation is 2. The molecule has 1 aliphatic rings. The summed E-state index contributed by atoms with van der Waals surface area (Å²) in [5.74, 6) is 0.550. The lowest BCUT2D eigenvalue weighted by atomic mass is 10.2. The third-order valence-corrected chi connectivity index (χ3v) is 4.42. The number of thiophene rings is 1. The number of carbonyl (C=O) groups excluding carboxylic acids is 1. The van der Waals surface area contributed by atoms with Gasteiger partial charge in [0, 0.05) is 4.88 Å². The monoisotopic (exact) mass is 263 g/mol. The van der Waals surface area contributed by atoms with Gasteiger partial charge in [-0.25, -0.2) is 9.97 Å². The van der Waals surface area contributed by atoms with Crippen LogP contribution >= 0.6 is 11.3 Å². The van der Waals surface area contributed by atoms with Crippen LogP contribution in [0.4, 0.5) is 5.82 Å². The van der Waals surface area contributed by atoms with E-state index in [0.717, 1.165) is 15.8 Å². The number of carbonyl (C=O) groups is 1. The standard InChI is InChI=1S/C12H13N3O2S/c1-6-7(2)18-12-10(6)11(13-5-14-12)15-4-8(16)3-9(15)17/h5,8,16H,3-4H2,1-2H3. The normalized spacial score (nSPS) is 20.1. The van der Waals surface area contributed by atoms with Gasteiger partial charge in [0.2, 0.25) is 5.91 Å². The van der Waals surface area contributed by atoms with Crippen LogP contribution in [0.2, 0.25) is 0 Å². The van der Waals surface area contributed by atoms with Crippen molar-refractivity contribution in [1.29, 1.82) is 0 Å². The molecule has 1 unspecified atom stereocenters. The Morgan fingerprint density at radius 2 is 2.22 bits per heavy atom.